The topological polar surface area (TPSA) is 51.7 Å². The first-order valence-electron chi connectivity index (χ1n) is 7.59. The summed E-state index contributed by atoms with van der Waals surface area (Å²) in [6.07, 6.45) is 4.47. The zero-order valence-electron chi connectivity index (χ0n) is 13.3. The minimum atomic E-state index is -0.479. The Hall–Kier alpha value is -1.30. The largest absolute Gasteiger partial charge is 0.475 e. The molecule has 22 heavy (non-hydrogen) atoms. The molecule has 1 unspecified atom stereocenters. The molecule has 6 heteroatoms. The van der Waals surface area contributed by atoms with Gasteiger partial charge >= 0.3 is 6.09 Å². The highest BCUT2D eigenvalue weighted by Crippen LogP contribution is 2.21. The Morgan fingerprint density at radius 1 is 1.41 bits per heavy atom. The Bertz CT molecular complexity index is 499. The number of likely N-dealkylation sites (tertiary alicyclic amines) is 1. The molecule has 1 fully saturated rings. The Balaban J connectivity index is 1.94. The van der Waals surface area contributed by atoms with Crippen LogP contribution in [0.5, 0.6) is 5.88 Å². The summed E-state index contributed by atoms with van der Waals surface area (Å²) in [5, 5.41) is 0. The number of carbonyl (C=O) groups excluding carboxylic acids is 1. The van der Waals surface area contributed by atoms with Gasteiger partial charge in [-0.15, -0.1) is 0 Å². The minimum Gasteiger partial charge on any atom is -0.475 e. The summed E-state index contributed by atoms with van der Waals surface area (Å²) < 4.78 is 12.1. The third-order valence-electron chi connectivity index (χ3n) is 3.38. The van der Waals surface area contributed by atoms with E-state index in [-0.39, 0.29) is 12.1 Å². The number of hydrogen-bond donors (Lipinski definition) is 0. The lowest BCUT2D eigenvalue weighted by Gasteiger charge is -2.36. The summed E-state index contributed by atoms with van der Waals surface area (Å²) >= 11 is 3.34. The zero-order valence-corrected chi connectivity index (χ0v) is 14.9. The van der Waals surface area contributed by atoms with Crippen molar-refractivity contribution in [2.45, 2.75) is 51.7 Å². The quantitative estimate of drug-likeness (QED) is 0.806. The van der Waals surface area contributed by atoms with Crippen LogP contribution in [0.25, 0.3) is 0 Å². The first-order chi connectivity index (χ1) is 10.3. The summed E-state index contributed by atoms with van der Waals surface area (Å²) in [7, 11) is 0. The standard InChI is InChI=1S/C16H23BrN2O3/c1-16(2,3)22-15(20)19-9-5-4-6-13(19)11-21-14-8-7-12(17)10-18-14/h7-8,10,13H,4-6,9,11H2,1-3H3. The first-order valence-corrected chi connectivity index (χ1v) is 8.38. The number of hydrogen-bond acceptors (Lipinski definition) is 4. The molecule has 1 saturated heterocycles. The van der Waals surface area contributed by atoms with Crippen LogP contribution in [0.4, 0.5) is 4.79 Å². The number of pyridine rings is 1. The number of rotatable bonds is 3. The molecule has 1 aromatic heterocycles. The third kappa shape index (κ3) is 5.16. The van der Waals surface area contributed by atoms with Crippen LogP contribution in [-0.2, 0) is 4.74 Å². The second-order valence-corrected chi connectivity index (χ2v) is 7.36. The highest BCUT2D eigenvalue weighted by atomic mass is 79.9. The Labute approximate surface area is 140 Å². The van der Waals surface area contributed by atoms with Crippen molar-refractivity contribution in [2.24, 2.45) is 0 Å². The molecule has 0 N–H and O–H groups in total. The maximum absolute atomic E-state index is 12.3. The van der Waals surface area contributed by atoms with Crippen LogP contribution in [0.1, 0.15) is 40.0 Å². The first kappa shape index (κ1) is 17.1. The number of halogens is 1. The summed E-state index contributed by atoms with van der Waals surface area (Å²) in [6, 6.07) is 3.73. The smallest absolute Gasteiger partial charge is 0.410 e. The van der Waals surface area contributed by atoms with Crippen LogP contribution in [0.15, 0.2) is 22.8 Å². The molecular weight excluding hydrogens is 348 g/mol. The van der Waals surface area contributed by atoms with Crippen LogP contribution >= 0.6 is 15.9 Å². The molecular formula is C16H23BrN2O3. The van der Waals surface area contributed by atoms with Crippen LogP contribution in [-0.4, -0.2) is 40.8 Å². The minimum absolute atomic E-state index is 0.0362. The van der Waals surface area contributed by atoms with Gasteiger partial charge in [-0.2, -0.15) is 0 Å². The van der Waals surface area contributed by atoms with Gasteiger partial charge in [0.25, 0.3) is 0 Å². The van der Waals surface area contributed by atoms with Crippen molar-refractivity contribution in [3.05, 3.63) is 22.8 Å². The fourth-order valence-electron chi connectivity index (χ4n) is 2.36. The maximum Gasteiger partial charge on any atom is 0.410 e. The SMILES string of the molecule is CC(C)(C)OC(=O)N1CCCCC1COc1ccc(Br)cn1. The number of carbonyl (C=O) groups is 1. The molecule has 2 heterocycles. The van der Waals surface area contributed by atoms with Gasteiger partial charge < -0.3 is 14.4 Å². The molecule has 1 aromatic rings. The summed E-state index contributed by atoms with van der Waals surface area (Å²) in [5.41, 5.74) is -0.479. The van der Waals surface area contributed by atoms with E-state index in [0.717, 1.165) is 30.3 Å². The fourth-order valence-corrected chi connectivity index (χ4v) is 2.60. The molecule has 0 radical (unpaired) electrons. The molecule has 0 bridgehead atoms. The summed E-state index contributed by atoms with van der Waals surface area (Å²) in [4.78, 5) is 18.3. The monoisotopic (exact) mass is 370 g/mol. The van der Waals surface area contributed by atoms with Gasteiger partial charge in [0, 0.05) is 23.3 Å². The van der Waals surface area contributed by atoms with Crippen molar-refractivity contribution in [1.82, 2.24) is 9.88 Å². The van der Waals surface area contributed by atoms with Crippen LogP contribution in [0.3, 0.4) is 0 Å². The molecule has 1 aliphatic heterocycles. The lowest BCUT2D eigenvalue weighted by atomic mass is 10.0. The molecule has 1 aliphatic rings. The van der Waals surface area contributed by atoms with Gasteiger partial charge in [0.2, 0.25) is 5.88 Å². The van der Waals surface area contributed by atoms with E-state index < -0.39 is 5.60 Å². The van der Waals surface area contributed by atoms with E-state index in [0.29, 0.717) is 12.5 Å². The molecule has 122 valence electrons. The van der Waals surface area contributed by atoms with E-state index in [4.69, 9.17) is 9.47 Å². The molecule has 0 aromatic carbocycles. The Kier molecular flexibility index (Phi) is 5.67. The Morgan fingerprint density at radius 2 is 2.18 bits per heavy atom. The van der Waals surface area contributed by atoms with E-state index >= 15 is 0 Å². The predicted molar refractivity (Wildman–Crippen MR) is 88.0 cm³/mol. The van der Waals surface area contributed by atoms with Gasteiger partial charge in [-0.1, -0.05) is 0 Å². The number of aromatic nitrogens is 1. The molecule has 1 atom stereocenters. The van der Waals surface area contributed by atoms with Gasteiger partial charge in [0.05, 0.1) is 6.04 Å². The van der Waals surface area contributed by atoms with Crippen molar-refractivity contribution in [3.8, 4) is 5.88 Å². The van der Waals surface area contributed by atoms with E-state index in [2.05, 4.69) is 20.9 Å². The second kappa shape index (κ2) is 7.31. The molecule has 0 spiro atoms. The number of piperidine rings is 1. The number of ether oxygens (including phenoxy) is 2. The molecule has 1 amide bonds. The predicted octanol–water partition coefficient (Wildman–Crippen LogP) is 4.01. The normalized spacial score (nSPS) is 18.9. The van der Waals surface area contributed by atoms with Gasteiger partial charge in [0.15, 0.2) is 0 Å². The van der Waals surface area contributed by atoms with Crippen molar-refractivity contribution in [3.63, 3.8) is 0 Å². The lowest BCUT2D eigenvalue weighted by Crippen LogP contribution is -2.48. The second-order valence-electron chi connectivity index (χ2n) is 6.45. The van der Waals surface area contributed by atoms with Gasteiger partial charge in [-0.3, -0.25) is 0 Å². The van der Waals surface area contributed by atoms with E-state index in [1.54, 1.807) is 11.1 Å². The highest BCUT2D eigenvalue weighted by Gasteiger charge is 2.30. The van der Waals surface area contributed by atoms with Gasteiger partial charge in [-0.25, -0.2) is 9.78 Å². The van der Waals surface area contributed by atoms with E-state index in [1.807, 2.05) is 32.9 Å². The average molecular weight is 371 g/mol. The zero-order chi connectivity index (χ0) is 16.2. The van der Waals surface area contributed by atoms with Gasteiger partial charge in [0.1, 0.15) is 12.2 Å². The average Bonchev–Trinajstić information content (AvgIpc) is 2.45. The molecule has 5 nitrogen and oxygen atoms in total. The van der Waals surface area contributed by atoms with E-state index in [1.165, 1.54) is 0 Å². The maximum atomic E-state index is 12.3. The number of amides is 1. The molecule has 0 aliphatic carbocycles. The third-order valence-corrected chi connectivity index (χ3v) is 3.85. The molecule has 2 rings (SSSR count). The van der Waals surface area contributed by atoms with Gasteiger partial charge in [-0.05, 0) is 62.0 Å². The van der Waals surface area contributed by atoms with E-state index in [9.17, 15) is 4.79 Å². The highest BCUT2D eigenvalue weighted by molar-refractivity contribution is 9.10. The van der Waals surface area contributed by atoms with Crippen molar-refractivity contribution >= 4 is 22.0 Å². The van der Waals surface area contributed by atoms with Crippen LogP contribution < -0.4 is 4.74 Å². The van der Waals surface area contributed by atoms with Crippen molar-refractivity contribution < 1.29 is 14.3 Å². The van der Waals surface area contributed by atoms with Crippen LogP contribution in [0.2, 0.25) is 0 Å². The van der Waals surface area contributed by atoms with Crippen molar-refractivity contribution in [1.29, 1.82) is 0 Å². The fraction of sp³-hybridized carbons (Fsp3) is 0.625. The lowest BCUT2D eigenvalue weighted by molar-refractivity contribution is 0.00335. The van der Waals surface area contributed by atoms with Crippen LogP contribution in [0, 0.1) is 0 Å². The Morgan fingerprint density at radius 3 is 2.82 bits per heavy atom. The summed E-state index contributed by atoms with van der Waals surface area (Å²) in [6.45, 7) is 6.80. The number of nitrogens with zero attached hydrogens (tertiary/aromatic N) is 2. The summed E-state index contributed by atoms with van der Waals surface area (Å²) in [5.74, 6) is 0.568. The van der Waals surface area contributed by atoms with Crippen molar-refractivity contribution in [2.75, 3.05) is 13.2 Å². The molecule has 0 saturated carbocycles.